The van der Waals surface area contributed by atoms with E-state index in [1.54, 1.807) is 12.2 Å². The van der Waals surface area contributed by atoms with Crippen LogP contribution >= 0.6 is 11.6 Å². The van der Waals surface area contributed by atoms with Gasteiger partial charge in [0, 0.05) is 11.1 Å². The summed E-state index contributed by atoms with van der Waals surface area (Å²) in [6.45, 7) is 1.91. The number of nitrogens with zero attached hydrogens (tertiary/aromatic N) is 1. The summed E-state index contributed by atoms with van der Waals surface area (Å²) < 4.78 is 0. The summed E-state index contributed by atoms with van der Waals surface area (Å²) >= 11 is 6.36. The van der Waals surface area contributed by atoms with Gasteiger partial charge in [-0.3, -0.25) is 4.79 Å². The van der Waals surface area contributed by atoms with Crippen molar-refractivity contribution in [2.75, 3.05) is 0 Å². The van der Waals surface area contributed by atoms with Gasteiger partial charge in [0.25, 0.3) is 5.97 Å². The fraction of sp³-hybridized carbons (Fsp3) is 0.105. The third-order valence-corrected chi connectivity index (χ3v) is 3.85. The Morgan fingerprint density at radius 3 is 2.50 bits per heavy atom. The van der Waals surface area contributed by atoms with Gasteiger partial charge in [0.2, 0.25) is 0 Å². The number of aliphatic carboxylic acids is 1. The van der Waals surface area contributed by atoms with Gasteiger partial charge < -0.3 is 25.3 Å². The van der Waals surface area contributed by atoms with Crippen LogP contribution in [0.1, 0.15) is 12.5 Å². The van der Waals surface area contributed by atoms with Crippen molar-refractivity contribution in [3.8, 4) is 0 Å². The molecule has 24 heavy (non-hydrogen) atoms. The van der Waals surface area contributed by atoms with E-state index in [2.05, 4.69) is 5.32 Å². The van der Waals surface area contributed by atoms with Crippen molar-refractivity contribution in [1.82, 2.24) is 0 Å². The SMILES string of the molecule is CC1=C(c2c(Cl)ccc3ccccc23)[N-]C(C(=O)O)C=C1.[CH3-].[CH3-].[Ru+3]. The first-order valence-corrected chi connectivity index (χ1v) is 6.96. The van der Waals surface area contributed by atoms with Crippen molar-refractivity contribution in [2.24, 2.45) is 0 Å². The van der Waals surface area contributed by atoms with Crippen molar-refractivity contribution >= 4 is 34.0 Å². The predicted octanol–water partition coefficient (Wildman–Crippen LogP) is 5.52. The molecule has 0 fully saturated rings. The molecule has 1 aliphatic heterocycles. The molecule has 0 saturated heterocycles. The first-order chi connectivity index (χ1) is 10.1. The third kappa shape index (κ3) is 4.06. The molecule has 2 aromatic carbocycles. The molecular formula is C19H19ClNO2Ru. The number of fused-ring (bicyclic) bond motifs is 1. The Morgan fingerprint density at radius 2 is 1.83 bits per heavy atom. The number of benzene rings is 2. The number of carboxylic acids is 1. The van der Waals surface area contributed by atoms with Crippen molar-refractivity contribution in [1.29, 1.82) is 0 Å². The van der Waals surface area contributed by atoms with E-state index in [-0.39, 0.29) is 34.3 Å². The first-order valence-electron chi connectivity index (χ1n) is 6.58. The van der Waals surface area contributed by atoms with Crippen LogP contribution in [0.4, 0.5) is 0 Å². The van der Waals surface area contributed by atoms with E-state index in [0.29, 0.717) is 10.7 Å². The predicted molar refractivity (Wildman–Crippen MR) is 98.3 cm³/mol. The van der Waals surface area contributed by atoms with Crippen LogP contribution in [0.2, 0.25) is 5.02 Å². The monoisotopic (exact) mass is 430 g/mol. The Bertz CT molecular complexity index is 799. The van der Waals surface area contributed by atoms with Gasteiger partial charge in [0.15, 0.2) is 0 Å². The van der Waals surface area contributed by atoms with Crippen LogP contribution < -0.4 is 0 Å². The molecule has 1 atom stereocenters. The zero-order valence-electron chi connectivity index (χ0n) is 13.7. The summed E-state index contributed by atoms with van der Waals surface area (Å²) in [4.78, 5) is 11.2. The Hall–Kier alpha value is -1.64. The van der Waals surface area contributed by atoms with E-state index in [1.807, 2.05) is 43.3 Å². The molecule has 1 unspecified atom stereocenters. The van der Waals surface area contributed by atoms with Crippen LogP contribution in [0.3, 0.4) is 0 Å². The second-order valence-corrected chi connectivity index (χ2v) is 5.35. The maximum Gasteiger partial charge on any atom is 3.00 e. The van der Waals surface area contributed by atoms with Crippen LogP contribution in [0.25, 0.3) is 21.8 Å². The van der Waals surface area contributed by atoms with Gasteiger partial charge in [0.1, 0.15) is 0 Å². The number of allylic oxidation sites excluding steroid dienone is 2. The van der Waals surface area contributed by atoms with E-state index < -0.39 is 12.0 Å². The van der Waals surface area contributed by atoms with Crippen molar-refractivity contribution in [3.63, 3.8) is 0 Å². The molecule has 5 heteroatoms. The normalized spacial score (nSPS) is 15.7. The molecule has 1 N–H and O–H groups in total. The molecule has 0 amide bonds. The first kappa shape index (κ1) is 22.4. The van der Waals surface area contributed by atoms with Crippen molar-refractivity contribution < 1.29 is 29.4 Å². The largest absolute Gasteiger partial charge is 3.00 e. The van der Waals surface area contributed by atoms with Crippen LogP contribution in [0, 0.1) is 14.9 Å². The third-order valence-electron chi connectivity index (χ3n) is 3.54. The van der Waals surface area contributed by atoms with Gasteiger partial charge in [-0.05, 0) is 29.3 Å². The van der Waals surface area contributed by atoms with Crippen molar-refractivity contribution in [3.05, 3.63) is 84.9 Å². The minimum absolute atomic E-state index is 0. The number of carboxylic acid groups (broad SMARTS) is 1. The maximum atomic E-state index is 11.2. The number of hydrogen-bond acceptors (Lipinski definition) is 1. The van der Waals surface area contributed by atoms with Crippen LogP contribution in [-0.2, 0) is 24.3 Å². The minimum Gasteiger partial charge on any atom is -0.669 e. The standard InChI is InChI=1S/C17H13ClNO2.2CH3.Ru/c1-10-6-9-14(17(20)21)19-16(10)15-12-5-3-2-4-11(12)7-8-13(15)18;;;/h2-9,14H,1H3,(H,20,21);2*1H3;/q3*-1;+3. The molecule has 0 spiro atoms. The zero-order chi connectivity index (χ0) is 15.0. The van der Waals surface area contributed by atoms with Gasteiger partial charge in [-0.2, -0.15) is 0 Å². The fourth-order valence-electron chi connectivity index (χ4n) is 2.48. The molecule has 0 bridgehead atoms. The summed E-state index contributed by atoms with van der Waals surface area (Å²) in [5.74, 6) is -0.965. The molecular weight excluding hydrogens is 411 g/mol. The van der Waals surface area contributed by atoms with E-state index in [4.69, 9.17) is 11.6 Å². The minimum atomic E-state index is -0.965. The maximum absolute atomic E-state index is 11.2. The number of carbonyl (C=O) groups is 1. The zero-order valence-corrected chi connectivity index (χ0v) is 16.2. The van der Waals surface area contributed by atoms with Gasteiger partial charge in [-0.1, -0.05) is 59.7 Å². The molecule has 3 rings (SSSR count). The van der Waals surface area contributed by atoms with E-state index >= 15 is 0 Å². The molecule has 1 aliphatic rings. The van der Waals surface area contributed by atoms with Gasteiger partial charge in [-0.25, -0.2) is 0 Å². The molecule has 0 aliphatic carbocycles. The average molecular weight is 430 g/mol. The summed E-state index contributed by atoms with van der Waals surface area (Å²) in [5, 5.41) is 16.1. The van der Waals surface area contributed by atoms with E-state index in [1.165, 1.54) is 0 Å². The van der Waals surface area contributed by atoms with Crippen molar-refractivity contribution in [2.45, 2.75) is 13.0 Å². The van der Waals surface area contributed by atoms with Gasteiger partial charge in [0.05, 0.1) is 0 Å². The average Bonchev–Trinajstić information content (AvgIpc) is 2.48. The Morgan fingerprint density at radius 1 is 1.17 bits per heavy atom. The molecule has 1 radical (unpaired) electrons. The van der Waals surface area contributed by atoms with Crippen LogP contribution in [0.5, 0.6) is 0 Å². The fourth-order valence-corrected chi connectivity index (χ4v) is 2.74. The van der Waals surface area contributed by atoms with Crippen LogP contribution in [0.15, 0.2) is 54.1 Å². The van der Waals surface area contributed by atoms with Gasteiger partial charge >= 0.3 is 19.5 Å². The number of halogens is 1. The summed E-state index contributed by atoms with van der Waals surface area (Å²) in [5.41, 5.74) is 2.35. The van der Waals surface area contributed by atoms with E-state index in [0.717, 1.165) is 21.9 Å². The molecule has 1 heterocycles. The van der Waals surface area contributed by atoms with E-state index in [9.17, 15) is 9.90 Å². The quantitative estimate of drug-likeness (QED) is 0.505. The molecule has 2 aromatic rings. The topological polar surface area (TPSA) is 51.4 Å². The molecule has 0 aromatic heterocycles. The number of rotatable bonds is 2. The summed E-state index contributed by atoms with van der Waals surface area (Å²) in [7, 11) is 0. The van der Waals surface area contributed by atoms with Crippen LogP contribution in [-0.4, -0.2) is 17.1 Å². The Balaban J connectivity index is 0.00000176. The molecule has 3 nitrogen and oxygen atoms in total. The molecule has 0 saturated carbocycles. The second-order valence-electron chi connectivity index (χ2n) is 4.95. The smallest absolute Gasteiger partial charge is 0.669 e. The Labute approximate surface area is 161 Å². The summed E-state index contributed by atoms with van der Waals surface area (Å²) in [6.07, 6.45) is 3.37. The van der Waals surface area contributed by atoms with Gasteiger partial charge in [-0.15, -0.1) is 5.70 Å². The Kier molecular flexibility index (Phi) is 8.39. The second kappa shape index (κ2) is 9.01. The number of hydrogen-bond donors (Lipinski definition) is 1. The molecule has 127 valence electrons. The summed E-state index contributed by atoms with van der Waals surface area (Å²) in [6, 6.07) is 10.8.